The van der Waals surface area contributed by atoms with Gasteiger partial charge >= 0.3 is 5.97 Å². The van der Waals surface area contributed by atoms with Gasteiger partial charge in [-0.25, -0.2) is 15.0 Å². The number of guanidine groups is 1. The minimum absolute atomic E-state index is 0.218. The third-order valence-corrected chi connectivity index (χ3v) is 3.96. The van der Waals surface area contributed by atoms with E-state index in [0.29, 0.717) is 11.2 Å². The average molecular weight is 398 g/mol. The van der Waals surface area contributed by atoms with E-state index >= 15 is 0 Å². The molecule has 154 valence electrons. The maximum Gasteiger partial charge on any atom is 0.323 e. The minimum Gasteiger partial charge on any atom is -0.480 e. The highest BCUT2D eigenvalue weighted by molar-refractivity contribution is 5.81. The molecule has 1 fully saturated rings. The van der Waals surface area contributed by atoms with E-state index in [-0.39, 0.29) is 18.3 Å². The number of nitrogens with zero attached hydrogens (tertiary/aromatic N) is 5. The molecule has 0 aromatic carbocycles. The van der Waals surface area contributed by atoms with Crippen LogP contribution in [0.3, 0.4) is 0 Å². The second-order valence-corrected chi connectivity index (χ2v) is 5.95. The Labute approximate surface area is 158 Å². The van der Waals surface area contributed by atoms with Gasteiger partial charge in [-0.3, -0.25) is 14.8 Å². The highest BCUT2D eigenvalue weighted by Crippen LogP contribution is 2.31. The molecule has 14 heteroatoms. The molecule has 0 spiro atoms. The van der Waals surface area contributed by atoms with Crippen LogP contribution in [0, 0.1) is 5.41 Å². The fourth-order valence-electron chi connectivity index (χ4n) is 2.45. The molecular formula is C14H22N8O6. The number of aliphatic carboxylic acids is 1. The van der Waals surface area contributed by atoms with E-state index in [4.69, 9.17) is 31.8 Å². The monoisotopic (exact) mass is 398 g/mol. The van der Waals surface area contributed by atoms with Gasteiger partial charge in [0.2, 0.25) is 0 Å². The molecule has 4 atom stereocenters. The van der Waals surface area contributed by atoms with Crippen LogP contribution in [0.1, 0.15) is 6.23 Å². The summed E-state index contributed by atoms with van der Waals surface area (Å²) in [4.78, 5) is 22.9. The van der Waals surface area contributed by atoms with Gasteiger partial charge in [0.05, 0.1) is 12.9 Å². The Balaban J connectivity index is 0.000000266. The van der Waals surface area contributed by atoms with Crippen LogP contribution in [0.2, 0.25) is 0 Å². The number of nitrogens with one attached hydrogen (secondary N) is 1. The van der Waals surface area contributed by atoms with Gasteiger partial charge in [-0.1, -0.05) is 0 Å². The standard InChI is InChI=1S/C10H13N5O4.C4H9N3O2/c11-8-5-9(13-2-12-8)15(3-14-5)10-7(18)6(17)4(1-16)19-10;1-7(4(5)6)2-3(8)9/h2-4,6-7,10,16-18H,1H2,(H2,11,12,13);2H2,1H3,(H3,5,6)(H,8,9)/t4-,6-,7-,10-;/m1./s1. The summed E-state index contributed by atoms with van der Waals surface area (Å²) in [7, 11) is 1.44. The van der Waals surface area contributed by atoms with Gasteiger partial charge in [0, 0.05) is 7.05 Å². The Kier molecular flexibility index (Phi) is 6.63. The van der Waals surface area contributed by atoms with E-state index in [1.165, 1.54) is 24.3 Å². The van der Waals surface area contributed by atoms with Gasteiger partial charge in [-0.15, -0.1) is 0 Å². The average Bonchev–Trinajstić information content (AvgIpc) is 3.18. The molecule has 2 aromatic heterocycles. The number of rotatable bonds is 4. The fraction of sp³-hybridized carbons (Fsp3) is 0.500. The third-order valence-electron chi connectivity index (χ3n) is 3.96. The van der Waals surface area contributed by atoms with Crippen LogP contribution in [-0.4, -0.2) is 95.3 Å². The number of carboxylic acid groups (broad SMARTS) is 1. The summed E-state index contributed by atoms with van der Waals surface area (Å²) < 4.78 is 6.85. The molecule has 9 N–H and O–H groups in total. The van der Waals surface area contributed by atoms with Crippen LogP contribution in [-0.2, 0) is 9.53 Å². The van der Waals surface area contributed by atoms with Gasteiger partial charge in [-0.05, 0) is 0 Å². The first-order valence-electron chi connectivity index (χ1n) is 7.99. The third kappa shape index (κ3) is 4.42. The predicted octanol–water partition coefficient (Wildman–Crippen LogP) is -3.08. The number of likely N-dealkylation sites (N-methyl/N-ethyl adjacent to an activating group) is 1. The van der Waals surface area contributed by atoms with Crippen molar-refractivity contribution < 1.29 is 30.0 Å². The topological polar surface area (TPSA) is 230 Å². The minimum atomic E-state index is -1.19. The number of hydrogen-bond acceptors (Lipinski definition) is 10. The number of carbonyl (C=O) groups is 1. The highest BCUT2D eigenvalue weighted by Gasteiger charge is 2.43. The molecule has 0 radical (unpaired) electrons. The first-order valence-corrected chi connectivity index (χ1v) is 7.99. The van der Waals surface area contributed by atoms with E-state index in [2.05, 4.69) is 15.0 Å². The number of fused-ring (bicyclic) bond motifs is 1. The molecule has 0 aliphatic carbocycles. The van der Waals surface area contributed by atoms with Crippen molar-refractivity contribution in [1.29, 1.82) is 5.41 Å². The van der Waals surface area contributed by atoms with E-state index in [1.54, 1.807) is 0 Å². The highest BCUT2D eigenvalue weighted by atomic mass is 16.6. The number of imidazole rings is 1. The maximum atomic E-state index is 9.95. The van der Waals surface area contributed by atoms with Gasteiger partial charge in [-0.2, -0.15) is 0 Å². The second-order valence-electron chi connectivity index (χ2n) is 5.95. The van der Waals surface area contributed by atoms with Gasteiger partial charge in [0.15, 0.2) is 23.7 Å². The smallest absolute Gasteiger partial charge is 0.323 e. The van der Waals surface area contributed by atoms with Crippen LogP contribution in [0.15, 0.2) is 12.7 Å². The molecule has 3 rings (SSSR count). The lowest BCUT2D eigenvalue weighted by molar-refractivity contribution is -0.137. The van der Waals surface area contributed by atoms with E-state index < -0.39 is 37.1 Å². The van der Waals surface area contributed by atoms with Crippen LogP contribution < -0.4 is 11.5 Å². The van der Waals surface area contributed by atoms with Crippen molar-refractivity contribution in [2.24, 2.45) is 5.73 Å². The Morgan fingerprint density at radius 2 is 2.04 bits per heavy atom. The number of aromatic nitrogens is 4. The van der Waals surface area contributed by atoms with Crippen LogP contribution in [0.25, 0.3) is 11.2 Å². The normalized spacial score (nSPS) is 23.9. The zero-order valence-electron chi connectivity index (χ0n) is 14.9. The van der Waals surface area contributed by atoms with E-state index in [0.717, 1.165) is 4.90 Å². The summed E-state index contributed by atoms with van der Waals surface area (Å²) in [6.07, 6.45) is -1.42. The summed E-state index contributed by atoms with van der Waals surface area (Å²) >= 11 is 0. The molecule has 0 saturated carbocycles. The van der Waals surface area contributed by atoms with Crippen molar-refractivity contribution in [3.63, 3.8) is 0 Å². The van der Waals surface area contributed by atoms with Gasteiger partial charge < -0.3 is 41.5 Å². The number of nitrogen functional groups attached to an aromatic ring is 1. The molecule has 14 nitrogen and oxygen atoms in total. The van der Waals surface area contributed by atoms with E-state index in [1.807, 2.05) is 0 Å². The molecule has 2 aromatic rings. The van der Waals surface area contributed by atoms with Crippen molar-refractivity contribution in [2.75, 3.05) is 25.9 Å². The fourth-order valence-corrected chi connectivity index (χ4v) is 2.45. The number of aliphatic hydroxyl groups is 3. The largest absolute Gasteiger partial charge is 0.480 e. The molecule has 1 aliphatic heterocycles. The number of anilines is 1. The summed E-state index contributed by atoms with van der Waals surface area (Å²) in [5, 5.41) is 43.6. The first kappa shape index (κ1) is 21.2. The van der Waals surface area contributed by atoms with Gasteiger partial charge in [0.25, 0.3) is 0 Å². The van der Waals surface area contributed by atoms with Crippen molar-refractivity contribution in [3.8, 4) is 0 Å². The Morgan fingerprint density at radius 3 is 2.54 bits per heavy atom. The van der Waals surface area contributed by atoms with Crippen LogP contribution in [0.4, 0.5) is 5.82 Å². The Bertz CT molecular complexity index is 844. The molecule has 1 saturated heterocycles. The number of hydrogen-bond donors (Lipinski definition) is 7. The van der Waals surface area contributed by atoms with Crippen molar-refractivity contribution in [3.05, 3.63) is 12.7 Å². The SMILES string of the molecule is CN(CC(=O)O)C(=N)N.Nc1ncnc2c1ncn2[C@@H]1O[C@H](CO)[C@@H](O)[C@H]1O. The lowest BCUT2D eigenvalue weighted by atomic mass is 10.1. The molecular weight excluding hydrogens is 376 g/mol. The Morgan fingerprint density at radius 1 is 1.36 bits per heavy atom. The lowest BCUT2D eigenvalue weighted by Crippen LogP contribution is -2.36. The van der Waals surface area contributed by atoms with Crippen LogP contribution >= 0.6 is 0 Å². The summed E-state index contributed by atoms with van der Waals surface area (Å²) in [5.41, 5.74) is 11.4. The quantitative estimate of drug-likeness (QED) is 0.201. The summed E-state index contributed by atoms with van der Waals surface area (Å²) in [6, 6.07) is 0. The molecule has 1 aliphatic rings. The first-order chi connectivity index (χ1) is 13.2. The summed E-state index contributed by atoms with van der Waals surface area (Å²) in [5.74, 6) is -1.01. The second kappa shape index (κ2) is 8.75. The van der Waals surface area contributed by atoms with Crippen molar-refractivity contribution in [1.82, 2.24) is 24.4 Å². The number of nitrogens with two attached hydrogens (primary N) is 2. The Hall–Kier alpha value is -3.07. The number of carboxylic acids is 1. The number of aliphatic hydroxyl groups excluding tert-OH is 3. The van der Waals surface area contributed by atoms with Crippen molar-refractivity contribution in [2.45, 2.75) is 24.5 Å². The van der Waals surface area contributed by atoms with Crippen molar-refractivity contribution >= 4 is 28.9 Å². The molecule has 0 amide bonds. The predicted molar refractivity (Wildman–Crippen MR) is 94.9 cm³/mol. The maximum absolute atomic E-state index is 9.95. The molecule has 0 bridgehead atoms. The molecule has 3 heterocycles. The molecule has 28 heavy (non-hydrogen) atoms. The van der Waals surface area contributed by atoms with Gasteiger partial charge in [0.1, 0.15) is 36.7 Å². The number of ether oxygens (including phenoxy) is 1. The molecule has 0 unspecified atom stereocenters. The summed E-state index contributed by atoms with van der Waals surface area (Å²) in [6.45, 7) is -0.617. The van der Waals surface area contributed by atoms with E-state index in [9.17, 15) is 15.0 Å². The zero-order valence-corrected chi connectivity index (χ0v) is 14.9. The lowest BCUT2D eigenvalue weighted by Gasteiger charge is -2.16. The zero-order chi connectivity index (χ0) is 21.0. The van der Waals surface area contributed by atoms with Crippen LogP contribution in [0.5, 0.6) is 0 Å².